The van der Waals surface area contributed by atoms with Crippen molar-refractivity contribution in [3.63, 3.8) is 0 Å². The lowest BCUT2D eigenvalue weighted by Crippen LogP contribution is -2.40. The van der Waals surface area contributed by atoms with Crippen molar-refractivity contribution < 1.29 is 4.79 Å². The Morgan fingerprint density at radius 2 is 2.12 bits per heavy atom. The van der Waals surface area contributed by atoms with Crippen LogP contribution >= 0.6 is 0 Å². The maximum Gasteiger partial charge on any atom is 0.314 e. The van der Waals surface area contributed by atoms with Gasteiger partial charge in [0.05, 0.1) is 0 Å². The maximum atomic E-state index is 11.3. The third-order valence-corrected chi connectivity index (χ3v) is 3.01. The van der Waals surface area contributed by atoms with Gasteiger partial charge >= 0.3 is 6.03 Å². The van der Waals surface area contributed by atoms with Gasteiger partial charge in [0, 0.05) is 19.1 Å². The summed E-state index contributed by atoms with van der Waals surface area (Å²) in [5.41, 5.74) is 0. The molecule has 0 aromatic rings. The van der Waals surface area contributed by atoms with Gasteiger partial charge in [-0.2, -0.15) is 0 Å². The molecule has 0 spiro atoms. The Balaban J connectivity index is 1.94. The molecule has 0 saturated carbocycles. The van der Waals surface area contributed by atoms with Crippen molar-refractivity contribution in [2.45, 2.75) is 51.5 Å². The van der Waals surface area contributed by atoms with Gasteiger partial charge in [-0.3, -0.25) is 0 Å². The molecule has 4 nitrogen and oxygen atoms in total. The number of urea groups is 1. The van der Waals surface area contributed by atoms with Crippen LogP contribution in [-0.4, -0.2) is 31.7 Å². The average molecular weight is 227 g/mol. The molecule has 0 bridgehead atoms. The van der Waals surface area contributed by atoms with E-state index in [1.807, 2.05) is 0 Å². The lowest BCUT2D eigenvalue weighted by Gasteiger charge is -2.23. The zero-order valence-electron chi connectivity index (χ0n) is 10.3. The number of rotatable bonds is 6. The van der Waals surface area contributed by atoms with Gasteiger partial charge in [-0.1, -0.05) is 19.8 Å². The van der Waals surface area contributed by atoms with Gasteiger partial charge in [-0.25, -0.2) is 4.79 Å². The van der Waals surface area contributed by atoms with E-state index in [0.29, 0.717) is 6.04 Å². The number of carbonyl (C=O) groups excluding carboxylic acids is 1. The smallest absolute Gasteiger partial charge is 0.314 e. The summed E-state index contributed by atoms with van der Waals surface area (Å²) in [6, 6.07) is 0.578. The van der Waals surface area contributed by atoms with Crippen molar-refractivity contribution in [3.05, 3.63) is 0 Å². The minimum absolute atomic E-state index is 0.0238. The fourth-order valence-electron chi connectivity index (χ4n) is 1.97. The summed E-state index contributed by atoms with van der Waals surface area (Å²) in [4.78, 5) is 11.3. The number of unbranched alkanes of at least 4 members (excludes halogenated alkanes) is 1. The molecular formula is C12H25N3O. The van der Waals surface area contributed by atoms with Crippen LogP contribution in [0.2, 0.25) is 0 Å². The molecule has 3 N–H and O–H groups in total. The van der Waals surface area contributed by atoms with Gasteiger partial charge in [0.1, 0.15) is 0 Å². The van der Waals surface area contributed by atoms with Crippen molar-refractivity contribution in [1.29, 1.82) is 0 Å². The summed E-state index contributed by atoms with van der Waals surface area (Å²) in [7, 11) is 0. The molecule has 0 aromatic carbocycles. The third-order valence-electron chi connectivity index (χ3n) is 3.01. The summed E-state index contributed by atoms with van der Waals surface area (Å²) in [6.45, 7) is 4.81. The van der Waals surface area contributed by atoms with Crippen LogP contribution in [0.4, 0.5) is 4.79 Å². The van der Waals surface area contributed by atoms with Gasteiger partial charge in [0.15, 0.2) is 0 Å². The fourth-order valence-corrected chi connectivity index (χ4v) is 1.97. The monoisotopic (exact) mass is 227 g/mol. The molecule has 94 valence electrons. The lowest BCUT2D eigenvalue weighted by molar-refractivity contribution is 0.239. The second-order valence-electron chi connectivity index (χ2n) is 4.47. The van der Waals surface area contributed by atoms with Gasteiger partial charge in [0.2, 0.25) is 0 Å². The number of hydrogen-bond acceptors (Lipinski definition) is 2. The van der Waals surface area contributed by atoms with Crippen molar-refractivity contribution >= 4 is 6.03 Å². The minimum Gasteiger partial charge on any atom is -0.338 e. The SMILES string of the molecule is CCCCNC(=O)NCCC1CCCCN1. The quantitative estimate of drug-likeness (QED) is 0.604. The highest BCUT2D eigenvalue weighted by Gasteiger charge is 2.11. The van der Waals surface area contributed by atoms with E-state index >= 15 is 0 Å². The fraction of sp³-hybridized carbons (Fsp3) is 0.917. The molecule has 16 heavy (non-hydrogen) atoms. The molecule has 1 heterocycles. The zero-order valence-corrected chi connectivity index (χ0v) is 10.3. The van der Waals surface area contributed by atoms with Crippen molar-refractivity contribution in [2.24, 2.45) is 0 Å². The summed E-state index contributed by atoms with van der Waals surface area (Å²) < 4.78 is 0. The second-order valence-corrected chi connectivity index (χ2v) is 4.47. The highest BCUT2D eigenvalue weighted by atomic mass is 16.2. The van der Waals surface area contributed by atoms with E-state index < -0.39 is 0 Å². The van der Waals surface area contributed by atoms with Crippen molar-refractivity contribution in [2.75, 3.05) is 19.6 Å². The molecular weight excluding hydrogens is 202 g/mol. The molecule has 1 aliphatic rings. The van der Waals surface area contributed by atoms with E-state index in [1.165, 1.54) is 19.3 Å². The van der Waals surface area contributed by atoms with E-state index in [9.17, 15) is 4.79 Å². The van der Waals surface area contributed by atoms with Crippen LogP contribution in [0.1, 0.15) is 45.4 Å². The third kappa shape index (κ3) is 5.95. The molecule has 1 saturated heterocycles. The van der Waals surface area contributed by atoms with Gasteiger partial charge in [-0.15, -0.1) is 0 Å². The Bertz CT molecular complexity index is 191. The molecule has 0 radical (unpaired) electrons. The molecule has 4 heteroatoms. The number of piperidine rings is 1. The summed E-state index contributed by atoms with van der Waals surface area (Å²) in [5, 5.41) is 9.22. The van der Waals surface area contributed by atoms with Crippen LogP contribution < -0.4 is 16.0 Å². The maximum absolute atomic E-state index is 11.3. The van der Waals surface area contributed by atoms with Crippen LogP contribution in [0, 0.1) is 0 Å². The molecule has 1 unspecified atom stereocenters. The predicted molar refractivity (Wildman–Crippen MR) is 66.6 cm³/mol. The highest BCUT2D eigenvalue weighted by Crippen LogP contribution is 2.08. The molecule has 1 aliphatic heterocycles. The zero-order chi connectivity index (χ0) is 11.6. The number of carbonyl (C=O) groups is 1. The van der Waals surface area contributed by atoms with E-state index in [1.54, 1.807) is 0 Å². The molecule has 0 aliphatic carbocycles. The van der Waals surface area contributed by atoms with E-state index in [4.69, 9.17) is 0 Å². The van der Waals surface area contributed by atoms with Crippen LogP contribution in [0.3, 0.4) is 0 Å². The Hall–Kier alpha value is -0.770. The summed E-state index contributed by atoms with van der Waals surface area (Å²) >= 11 is 0. The molecule has 1 fully saturated rings. The second kappa shape index (κ2) is 8.39. The number of hydrogen-bond donors (Lipinski definition) is 3. The molecule has 2 amide bonds. The largest absolute Gasteiger partial charge is 0.338 e. The molecule has 0 aromatic heterocycles. The van der Waals surface area contributed by atoms with Gasteiger partial charge < -0.3 is 16.0 Å². The summed E-state index contributed by atoms with van der Waals surface area (Å²) in [5.74, 6) is 0. The first-order chi connectivity index (χ1) is 7.83. The van der Waals surface area contributed by atoms with E-state index in [-0.39, 0.29) is 6.03 Å². The first-order valence-electron chi connectivity index (χ1n) is 6.58. The van der Waals surface area contributed by atoms with Crippen LogP contribution in [-0.2, 0) is 0 Å². The number of nitrogens with one attached hydrogen (secondary N) is 3. The minimum atomic E-state index is -0.0238. The lowest BCUT2D eigenvalue weighted by atomic mass is 10.0. The Morgan fingerprint density at radius 1 is 1.31 bits per heavy atom. The van der Waals surface area contributed by atoms with Crippen molar-refractivity contribution in [1.82, 2.24) is 16.0 Å². The Morgan fingerprint density at radius 3 is 2.81 bits per heavy atom. The number of amides is 2. The molecule has 1 atom stereocenters. The van der Waals surface area contributed by atoms with E-state index in [0.717, 1.165) is 38.9 Å². The Kier molecular flexibility index (Phi) is 6.97. The van der Waals surface area contributed by atoms with E-state index in [2.05, 4.69) is 22.9 Å². The first kappa shape index (κ1) is 13.3. The van der Waals surface area contributed by atoms with Gasteiger partial charge in [0.25, 0.3) is 0 Å². The molecule has 1 rings (SSSR count). The standard InChI is InChI=1S/C12H25N3O/c1-2-3-8-14-12(16)15-10-7-11-6-4-5-9-13-11/h11,13H,2-10H2,1H3,(H2,14,15,16). The summed E-state index contributed by atoms with van der Waals surface area (Å²) in [6.07, 6.45) is 7.08. The first-order valence-corrected chi connectivity index (χ1v) is 6.58. The average Bonchev–Trinajstić information content (AvgIpc) is 2.31. The predicted octanol–water partition coefficient (Wildman–Crippen LogP) is 1.62. The highest BCUT2D eigenvalue weighted by molar-refractivity contribution is 5.73. The van der Waals surface area contributed by atoms with Crippen molar-refractivity contribution in [3.8, 4) is 0 Å². The normalized spacial score (nSPS) is 20.4. The van der Waals surface area contributed by atoms with Crippen LogP contribution in [0.15, 0.2) is 0 Å². The van der Waals surface area contributed by atoms with Gasteiger partial charge in [-0.05, 0) is 32.2 Å². The topological polar surface area (TPSA) is 53.2 Å². The Labute approximate surface area is 98.6 Å². The van der Waals surface area contributed by atoms with Crippen LogP contribution in [0.25, 0.3) is 0 Å². The van der Waals surface area contributed by atoms with Crippen LogP contribution in [0.5, 0.6) is 0 Å².